The number of nitriles is 1. The van der Waals surface area contributed by atoms with Crippen LogP contribution in [0.4, 0.5) is 10.2 Å². The number of hydrogen-bond acceptors (Lipinski definition) is 6. The highest BCUT2D eigenvalue weighted by Crippen LogP contribution is 2.34. The number of nitrogens with two attached hydrogens (primary N) is 2. The number of nitrogen functional groups attached to an aromatic ring is 1. The van der Waals surface area contributed by atoms with E-state index in [0.717, 1.165) is 16.7 Å². The number of fused-ring (bicyclic) bond motifs is 1. The summed E-state index contributed by atoms with van der Waals surface area (Å²) in [6, 6.07) is 5.56. The van der Waals surface area contributed by atoms with Crippen LogP contribution in [-0.4, -0.2) is 14.1 Å². The minimum atomic E-state index is -0.631. The number of benzene rings is 1. The first-order valence-corrected chi connectivity index (χ1v) is 7.60. The van der Waals surface area contributed by atoms with Gasteiger partial charge in [-0.25, -0.2) is 14.2 Å². The highest BCUT2D eigenvalue weighted by atomic mass is 19.1. The number of rotatable bonds is 2. The average molecular weight is 354 g/mol. The molecule has 0 saturated heterocycles. The Hall–Kier alpha value is -3.51. The summed E-state index contributed by atoms with van der Waals surface area (Å²) in [6.45, 7) is -0.0858. The van der Waals surface area contributed by atoms with E-state index in [2.05, 4.69) is 4.98 Å². The van der Waals surface area contributed by atoms with Crippen LogP contribution in [0, 0.1) is 17.1 Å². The number of pyridine rings is 1. The third kappa shape index (κ3) is 2.35. The lowest BCUT2D eigenvalue weighted by Crippen LogP contribution is -2.38. The van der Waals surface area contributed by atoms with E-state index in [1.807, 2.05) is 6.07 Å². The van der Waals surface area contributed by atoms with Gasteiger partial charge < -0.3 is 11.5 Å². The van der Waals surface area contributed by atoms with E-state index >= 15 is 0 Å². The summed E-state index contributed by atoms with van der Waals surface area (Å²) in [5.41, 5.74) is 11.4. The van der Waals surface area contributed by atoms with Crippen LogP contribution >= 0.6 is 0 Å². The highest BCUT2D eigenvalue weighted by molar-refractivity contribution is 5.97. The fraction of sp³-hybridized carbons (Fsp3) is 0.176. The van der Waals surface area contributed by atoms with Gasteiger partial charge in [-0.2, -0.15) is 5.26 Å². The number of aryl methyl sites for hydroxylation is 1. The third-order valence-corrected chi connectivity index (χ3v) is 4.30. The quantitative estimate of drug-likeness (QED) is 0.682. The molecule has 0 radical (unpaired) electrons. The molecule has 0 aliphatic heterocycles. The molecule has 0 amide bonds. The van der Waals surface area contributed by atoms with Crippen molar-refractivity contribution in [2.45, 2.75) is 6.54 Å². The van der Waals surface area contributed by atoms with Crippen LogP contribution in [0.5, 0.6) is 0 Å². The zero-order valence-corrected chi connectivity index (χ0v) is 14.1. The Bertz CT molecular complexity index is 1220. The normalized spacial score (nSPS) is 10.9. The molecule has 0 unspecified atom stereocenters. The molecule has 26 heavy (non-hydrogen) atoms. The summed E-state index contributed by atoms with van der Waals surface area (Å²) in [4.78, 5) is 29.2. The van der Waals surface area contributed by atoms with Crippen LogP contribution in [0.25, 0.3) is 22.2 Å². The molecule has 2 heterocycles. The fourth-order valence-electron chi connectivity index (χ4n) is 2.97. The van der Waals surface area contributed by atoms with Crippen LogP contribution in [0.1, 0.15) is 11.1 Å². The topological polar surface area (TPSA) is 133 Å². The Morgan fingerprint density at radius 1 is 1.27 bits per heavy atom. The first-order valence-electron chi connectivity index (χ1n) is 7.60. The molecule has 4 N–H and O–H groups in total. The maximum atomic E-state index is 13.9. The number of anilines is 1. The van der Waals surface area contributed by atoms with Gasteiger partial charge in [0.2, 0.25) is 0 Å². The largest absolute Gasteiger partial charge is 0.383 e. The average Bonchev–Trinajstić information content (AvgIpc) is 2.63. The maximum Gasteiger partial charge on any atom is 0.332 e. The minimum Gasteiger partial charge on any atom is -0.383 e. The van der Waals surface area contributed by atoms with Crippen molar-refractivity contribution in [2.75, 3.05) is 5.73 Å². The van der Waals surface area contributed by atoms with E-state index < -0.39 is 17.1 Å². The Balaban J connectivity index is 2.70. The van der Waals surface area contributed by atoms with E-state index in [9.17, 15) is 19.2 Å². The van der Waals surface area contributed by atoms with Crippen molar-refractivity contribution in [3.63, 3.8) is 0 Å². The molecule has 3 rings (SSSR count). The summed E-state index contributed by atoms with van der Waals surface area (Å²) in [5.74, 6) is -0.585. The lowest BCUT2D eigenvalue weighted by Gasteiger charge is -2.17. The van der Waals surface area contributed by atoms with Crippen molar-refractivity contribution >= 4 is 16.9 Å². The summed E-state index contributed by atoms with van der Waals surface area (Å²) in [5, 5.41) is 9.46. The molecule has 132 valence electrons. The molecule has 0 saturated carbocycles. The zero-order valence-electron chi connectivity index (χ0n) is 14.1. The molecule has 0 bridgehead atoms. The van der Waals surface area contributed by atoms with Crippen LogP contribution in [-0.2, 0) is 20.6 Å². The minimum absolute atomic E-state index is 0.00593. The Morgan fingerprint density at radius 2 is 1.96 bits per heavy atom. The maximum absolute atomic E-state index is 13.9. The molecule has 1 aromatic carbocycles. The molecule has 0 fully saturated rings. The van der Waals surface area contributed by atoms with E-state index in [1.54, 1.807) is 0 Å². The van der Waals surface area contributed by atoms with Crippen LogP contribution < -0.4 is 22.7 Å². The predicted octanol–water partition coefficient (Wildman–Crippen LogP) is 0.351. The van der Waals surface area contributed by atoms with Gasteiger partial charge in [0.05, 0.1) is 17.0 Å². The van der Waals surface area contributed by atoms with E-state index in [-0.39, 0.29) is 40.1 Å². The Labute approximate surface area is 146 Å². The number of aromatic nitrogens is 3. The monoisotopic (exact) mass is 354 g/mol. The van der Waals surface area contributed by atoms with Gasteiger partial charge in [0.1, 0.15) is 11.6 Å². The zero-order chi connectivity index (χ0) is 19.2. The van der Waals surface area contributed by atoms with Gasteiger partial charge in [0, 0.05) is 37.3 Å². The van der Waals surface area contributed by atoms with Crippen LogP contribution in [0.15, 0.2) is 27.8 Å². The summed E-state index contributed by atoms with van der Waals surface area (Å²) in [6.07, 6.45) is 0. The standard InChI is InChI=1S/C17H15FN6O2/c1-23-15-13(16(25)24(2)17(23)26)12(11(7-20)14(21)22-15)10-5-9(18)4-3-8(10)6-19/h3-5H,7,20H2,1-2H3,(H2,21,22). The number of nitrogens with zero attached hydrogens (tertiary/aromatic N) is 4. The molecule has 0 aliphatic carbocycles. The smallest absolute Gasteiger partial charge is 0.332 e. The highest BCUT2D eigenvalue weighted by Gasteiger charge is 2.22. The van der Waals surface area contributed by atoms with Gasteiger partial charge >= 0.3 is 5.69 Å². The molecule has 2 aromatic heterocycles. The molecule has 0 spiro atoms. The van der Waals surface area contributed by atoms with E-state index in [4.69, 9.17) is 11.5 Å². The Morgan fingerprint density at radius 3 is 2.58 bits per heavy atom. The van der Waals surface area contributed by atoms with Crippen LogP contribution in [0.2, 0.25) is 0 Å². The second kappa shape index (κ2) is 6.09. The fourth-order valence-corrected chi connectivity index (χ4v) is 2.97. The van der Waals surface area contributed by atoms with Gasteiger partial charge in [-0.05, 0) is 18.2 Å². The van der Waals surface area contributed by atoms with Gasteiger partial charge in [-0.3, -0.25) is 13.9 Å². The third-order valence-electron chi connectivity index (χ3n) is 4.30. The van der Waals surface area contributed by atoms with Gasteiger partial charge in [-0.15, -0.1) is 0 Å². The summed E-state index contributed by atoms with van der Waals surface area (Å²) >= 11 is 0. The van der Waals surface area contributed by atoms with Crippen molar-refractivity contribution in [1.29, 1.82) is 5.26 Å². The second-order valence-electron chi connectivity index (χ2n) is 5.76. The second-order valence-corrected chi connectivity index (χ2v) is 5.76. The molecule has 9 heteroatoms. The lowest BCUT2D eigenvalue weighted by molar-refractivity contribution is 0.628. The molecular weight excluding hydrogens is 339 g/mol. The van der Waals surface area contributed by atoms with Crippen molar-refractivity contribution in [3.05, 3.63) is 56.0 Å². The SMILES string of the molecule is Cn1c(=O)c2c(-c3cc(F)ccc3C#N)c(CN)c(N)nc2n(C)c1=O. The van der Waals surface area contributed by atoms with Gasteiger partial charge in [-0.1, -0.05) is 0 Å². The van der Waals surface area contributed by atoms with Crippen LogP contribution in [0.3, 0.4) is 0 Å². The van der Waals surface area contributed by atoms with Gasteiger partial charge in [0.25, 0.3) is 5.56 Å². The predicted molar refractivity (Wildman–Crippen MR) is 94.6 cm³/mol. The molecule has 8 nitrogen and oxygen atoms in total. The summed E-state index contributed by atoms with van der Waals surface area (Å²) < 4.78 is 16.0. The molecule has 3 aromatic rings. The molecular formula is C17H15FN6O2. The first kappa shape index (κ1) is 17.3. The summed E-state index contributed by atoms with van der Waals surface area (Å²) in [7, 11) is 2.77. The number of halogens is 1. The van der Waals surface area contributed by atoms with Crippen molar-refractivity contribution in [2.24, 2.45) is 19.8 Å². The van der Waals surface area contributed by atoms with Crippen molar-refractivity contribution in [3.8, 4) is 17.2 Å². The van der Waals surface area contributed by atoms with E-state index in [1.165, 1.54) is 24.7 Å². The first-order chi connectivity index (χ1) is 12.3. The molecule has 0 aliphatic rings. The van der Waals surface area contributed by atoms with Crippen molar-refractivity contribution in [1.82, 2.24) is 14.1 Å². The lowest BCUT2D eigenvalue weighted by atomic mass is 9.93. The number of hydrogen-bond donors (Lipinski definition) is 2. The Kier molecular flexibility index (Phi) is 4.06. The molecule has 0 atom stereocenters. The van der Waals surface area contributed by atoms with Crippen molar-refractivity contribution < 1.29 is 4.39 Å². The van der Waals surface area contributed by atoms with Gasteiger partial charge in [0.15, 0.2) is 5.65 Å². The van der Waals surface area contributed by atoms with E-state index in [0.29, 0.717) is 5.56 Å².